The molecule has 0 unspecified atom stereocenters. The van der Waals surface area contributed by atoms with Gasteiger partial charge in [-0.2, -0.15) is 0 Å². The van der Waals surface area contributed by atoms with Gasteiger partial charge in [-0.3, -0.25) is 4.79 Å². The summed E-state index contributed by atoms with van der Waals surface area (Å²) in [4.78, 5) is 23.2. The van der Waals surface area contributed by atoms with Crippen molar-refractivity contribution in [2.45, 2.75) is 6.92 Å². The van der Waals surface area contributed by atoms with Crippen molar-refractivity contribution < 1.29 is 23.8 Å². The van der Waals surface area contributed by atoms with Gasteiger partial charge in [-0.05, 0) is 30.7 Å². The summed E-state index contributed by atoms with van der Waals surface area (Å²) in [7, 11) is 1.54. The Bertz CT molecular complexity index is 804. The molecule has 1 aliphatic heterocycles. The van der Waals surface area contributed by atoms with E-state index in [9.17, 15) is 9.59 Å². The smallest absolute Gasteiger partial charge is 0.374 e. The largest absolute Gasteiger partial charge is 0.496 e. The lowest BCUT2D eigenvalue weighted by Crippen LogP contribution is -2.15. The molecule has 0 spiro atoms. The maximum atomic E-state index is 11.9. The van der Waals surface area contributed by atoms with Crippen LogP contribution in [0.2, 0.25) is 0 Å². The van der Waals surface area contributed by atoms with Crippen molar-refractivity contribution >= 4 is 29.1 Å². The van der Waals surface area contributed by atoms with Gasteiger partial charge in [0.25, 0.3) is 0 Å². The van der Waals surface area contributed by atoms with Crippen LogP contribution in [0.25, 0.3) is 16.8 Å². The predicted molar refractivity (Wildman–Crippen MR) is 81.1 cm³/mol. The van der Waals surface area contributed by atoms with Crippen molar-refractivity contribution in [1.29, 1.82) is 0 Å². The quantitative estimate of drug-likeness (QED) is 0.641. The standard InChI is InChI=1S/C17H14O5/c1-3-21-17(19)14-8-10-4-5-11(9-18)16-12(20-2)6-7-13(22-14)15(10)16/h4-9H,3H2,1-2H3. The average molecular weight is 298 g/mol. The Kier molecular flexibility index (Phi) is 3.55. The number of rotatable bonds is 4. The van der Waals surface area contributed by atoms with Crippen molar-refractivity contribution in [2.75, 3.05) is 13.7 Å². The van der Waals surface area contributed by atoms with E-state index in [0.717, 1.165) is 17.2 Å². The van der Waals surface area contributed by atoms with Crippen LogP contribution in [-0.2, 0) is 9.53 Å². The first-order chi connectivity index (χ1) is 10.7. The SMILES string of the molecule is CCOC(=O)C1=Cc2ccc(C=O)c3c(OC)ccc(c23)O1. The van der Waals surface area contributed by atoms with E-state index in [4.69, 9.17) is 14.2 Å². The van der Waals surface area contributed by atoms with Crippen molar-refractivity contribution in [3.05, 3.63) is 41.2 Å². The van der Waals surface area contributed by atoms with Crippen molar-refractivity contribution in [3.8, 4) is 11.5 Å². The Morgan fingerprint density at radius 3 is 2.73 bits per heavy atom. The summed E-state index contributed by atoms with van der Waals surface area (Å²) >= 11 is 0. The van der Waals surface area contributed by atoms with Crippen LogP contribution in [-0.4, -0.2) is 26.0 Å². The lowest BCUT2D eigenvalue weighted by molar-refractivity contribution is -0.140. The Morgan fingerprint density at radius 2 is 2.05 bits per heavy atom. The van der Waals surface area contributed by atoms with Crippen LogP contribution in [0.5, 0.6) is 11.5 Å². The fourth-order valence-corrected chi connectivity index (χ4v) is 2.55. The van der Waals surface area contributed by atoms with E-state index in [1.165, 1.54) is 0 Å². The van der Waals surface area contributed by atoms with Crippen LogP contribution in [0, 0.1) is 0 Å². The normalized spacial score (nSPS) is 12.4. The molecule has 3 rings (SSSR count). The van der Waals surface area contributed by atoms with Gasteiger partial charge in [-0.25, -0.2) is 4.79 Å². The third-order valence-electron chi connectivity index (χ3n) is 3.48. The van der Waals surface area contributed by atoms with Crippen molar-refractivity contribution in [2.24, 2.45) is 0 Å². The summed E-state index contributed by atoms with van der Waals surface area (Å²) in [6.45, 7) is 2.01. The molecule has 5 heteroatoms. The highest BCUT2D eigenvalue weighted by Gasteiger charge is 2.23. The van der Waals surface area contributed by atoms with Gasteiger partial charge < -0.3 is 14.2 Å². The highest BCUT2D eigenvalue weighted by molar-refractivity contribution is 6.10. The molecule has 112 valence electrons. The Labute approximate surface area is 127 Å². The lowest BCUT2D eigenvalue weighted by Gasteiger charge is -2.20. The van der Waals surface area contributed by atoms with Crippen molar-refractivity contribution in [3.63, 3.8) is 0 Å². The summed E-state index contributed by atoms with van der Waals surface area (Å²) in [5.41, 5.74) is 1.29. The van der Waals surface area contributed by atoms with Gasteiger partial charge in [-0.15, -0.1) is 0 Å². The van der Waals surface area contributed by atoms with E-state index in [-0.39, 0.29) is 12.4 Å². The average Bonchev–Trinajstić information content (AvgIpc) is 2.55. The second kappa shape index (κ2) is 5.52. The molecule has 2 aromatic carbocycles. The Balaban J connectivity index is 2.26. The van der Waals surface area contributed by atoms with Crippen molar-refractivity contribution in [1.82, 2.24) is 0 Å². The minimum absolute atomic E-state index is 0.125. The fraction of sp³-hybridized carbons (Fsp3) is 0.176. The second-order valence-electron chi connectivity index (χ2n) is 4.71. The van der Waals surface area contributed by atoms with Gasteiger partial charge in [0.15, 0.2) is 6.29 Å². The highest BCUT2D eigenvalue weighted by atomic mass is 16.6. The third kappa shape index (κ3) is 2.11. The number of carbonyl (C=O) groups is 2. The molecular weight excluding hydrogens is 284 g/mol. The predicted octanol–water partition coefficient (Wildman–Crippen LogP) is 2.96. The van der Waals surface area contributed by atoms with Gasteiger partial charge in [0.1, 0.15) is 11.5 Å². The molecule has 5 nitrogen and oxygen atoms in total. The molecule has 0 saturated heterocycles. The highest BCUT2D eigenvalue weighted by Crippen LogP contribution is 2.41. The minimum atomic E-state index is -0.517. The summed E-state index contributed by atoms with van der Waals surface area (Å²) in [6.07, 6.45) is 2.39. The van der Waals surface area contributed by atoms with Gasteiger partial charge in [0, 0.05) is 16.3 Å². The topological polar surface area (TPSA) is 61.8 Å². The van der Waals surface area contributed by atoms with Gasteiger partial charge in [0.05, 0.1) is 13.7 Å². The number of benzene rings is 2. The number of ether oxygens (including phenoxy) is 3. The van der Waals surface area contributed by atoms with Crippen LogP contribution in [0.4, 0.5) is 0 Å². The molecule has 1 aliphatic rings. The summed E-state index contributed by atoms with van der Waals surface area (Å²) in [5, 5.41) is 1.42. The molecule has 2 aromatic rings. The molecule has 0 atom stereocenters. The van der Waals surface area contributed by atoms with Crippen LogP contribution in [0.3, 0.4) is 0 Å². The van der Waals surface area contributed by atoms with E-state index >= 15 is 0 Å². The monoisotopic (exact) mass is 298 g/mol. The Hall–Kier alpha value is -2.82. The maximum Gasteiger partial charge on any atom is 0.374 e. The number of methoxy groups -OCH3 is 1. The molecule has 0 saturated carbocycles. The summed E-state index contributed by atoms with van der Waals surface area (Å²) in [6, 6.07) is 6.90. The molecule has 1 heterocycles. The number of esters is 1. The molecule has 0 aromatic heterocycles. The van der Waals surface area contributed by atoms with Crippen LogP contribution < -0.4 is 9.47 Å². The molecule has 0 aliphatic carbocycles. The van der Waals surface area contributed by atoms with E-state index in [0.29, 0.717) is 22.4 Å². The first-order valence-electron chi connectivity index (χ1n) is 6.85. The van der Waals surface area contributed by atoms with Gasteiger partial charge in [0.2, 0.25) is 5.76 Å². The van der Waals surface area contributed by atoms with Crippen LogP contribution in [0.1, 0.15) is 22.8 Å². The molecule has 0 N–H and O–H groups in total. The first kappa shape index (κ1) is 14.1. The summed E-state index contributed by atoms with van der Waals surface area (Å²) in [5.74, 6) is 0.690. The van der Waals surface area contributed by atoms with E-state index < -0.39 is 5.97 Å². The van der Waals surface area contributed by atoms with E-state index in [1.807, 2.05) is 0 Å². The second-order valence-corrected chi connectivity index (χ2v) is 4.71. The zero-order valence-electron chi connectivity index (χ0n) is 12.2. The van der Waals surface area contributed by atoms with Gasteiger partial charge >= 0.3 is 5.97 Å². The minimum Gasteiger partial charge on any atom is -0.496 e. The van der Waals surface area contributed by atoms with E-state index in [1.54, 1.807) is 44.4 Å². The lowest BCUT2D eigenvalue weighted by atomic mass is 9.96. The zero-order chi connectivity index (χ0) is 15.7. The molecule has 22 heavy (non-hydrogen) atoms. The molecule has 0 bridgehead atoms. The molecule has 0 amide bonds. The van der Waals surface area contributed by atoms with Crippen LogP contribution >= 0.6 is 0 Å². The maximum absolute atomic E-state index is 11.9. The zero-order valence-corrected chi connectivity index (χ0v) is 12.2. The third-order valence-corrected chi connectivity index (χ3v) is 3.48. The van der Waals surface area contributed by atoms with E-state index in [2.05, 4.69) is 0 Å². The fourth-order valence-electron chi connectivity index (χ4n) is 2.55. The first-order valence-corrected chi connectivity index (χ1v) is 6.85. The number of hydrogen-bond donors (Lipinski definition) is 0. The number of hydrogen-bond acceptors (Lipinski definition) is 5. The number of aldehydes is 1. The van der Waals surface area contributed by atoms with Crippen LogP contribution in [0.15, 0.2) is 30.0 Å². The molecule has 0 radical (unpaired) electrons. The number of carbonyl (C=O) groups excluding carboxylic acids is 2. The molecular formula is C17H14O5. The molecule has 0 fully saturated rings. The summed E-state index contributed by atoms with van der Waals surface area (Å²) < 4.78 is 15.9. The Morgan fingerprint density at radius 1 is 1.23 bits per heavy atom. The van der Waals surface area contributed by atoms with Gasteiger partial charge in [-0.1, -0.05) is 12.1 Å².